The Balaban J connectivity index is 1.75. The van der Waals surface area contributed by atoms with Gasteiger partial charge in [-0.2, -0.15) is 0 Å². The van der Waals surface area contributed by atoms with E-state index in [1.165, 1.54) is 12.8 Å². The van der Waals surface area contributed by atoms with Crippen LogP contribution in [-0.2, 0) is 4.74 Å². The molecule has 1 spiro atoms. The number of ether oxygens (including phenoxy) is 1. The van der Waals surface area contributed by atoms with Gasteiger partial charge >= 0.3 is 6.09 Å². The average Bonchev–Trinajstić information content (AvgIpc) is 1.93. The minimum absolute atomic E-state index is 0.174. The highest BCUT2D eigenvalue weighted by atomic mass is 16.6. The van der Waals surface area contributed by atoms with Crippen LogP contribution in [-0.4, -0.2) is 35.7 Å². The van der Waals surface area contributed by atoms with Crippen molar-refractivity contribution in [3.8, 4) is 0 Å². The van der Waals surface area contributed by atoms with Gasteiger partial charge in [0.2, 0.25) is 0 Å². The van der Waals surface area contributed by atoms with Crippen LogP contribution in [0.4, 0.5) is 4.79 Å². The molecular weight excluding hydrogens is 216 g/mol. The summed E-state index contributed by atoms with van der Waals surface area (Å²) in [6, 6.07) is 0.288. The van der Waals surface area contributed by atoms with Gasteiger partial charge in [-0.15, -0.1) is 0 Å². The zero-order valence-electron chi connectivity index (χ0n) is 11.3. The number of likely N-dealkylation sites (tertiary alicyclic amines) is 1. The van der Waals surface area contributed by atoms with E-state index in [1.54, 1.807) is 0 Å². The van der Waals surface area contributed by atoms with E-state index >= 15 is 0 Å². The quantitative estimate of drug-likeness (QED) is 0.762. The maximum Gasteiger partial charge on any atom is 0.410 e. The van der Waals surface area contributed by atoms with Crippen LogP contribution >= 0.6 is 0 Å². The number of carbonyl (C=O) groups excluding carboxylic acids is 1. The van der Waals surface area contributed by atoms with Gasteiger partial charge in [-0.25, -0.2) is 4.79 Å². The number of hydrogen-bond donors (Lipinski definition) is 1. The van der Waals surface area contributed by atoms with E-state index in [0.717, 1.165) is 13.1 Å². The van der Waals surface area contributed by atoms with Crippen LogP contribution in [0.25, 0.3) is 0 Å². The third-order valence-corrected chi connectivity index (χ3v) is 3.84. The Morgan fingerprint density at radius 3 is 2.35 bits per heavy atom. The highest BCUT2D eigenvalue weighted by Crippen LogP contribution is 2.52. The van der Waals surface area contributed by atoms with Crippen molar-refractivity contribution < 1.29 is 9.53 Å². The molecule has 2 rings (SSSR count). The minimum Gasteiger partial charge on any atom is -0.444 e. The molecule has 0 radical (unpaired) electrons. The Morgan fingerprint density at radius 2 is 1.94 bits per heavy atom. The second-order valence-corrected chi connectivity index (χ2v) is 6.86. The normalized spacial score (nSPS) is 25.1. The fourth-order valence-electron chi connectivity index (χ4n) is 2.90. The summed E-state index contributed by atoms with van der Waals surface area (Å²) in [5.74, 6) is 0.649. The fourth-order valence-corrected chi connectivity index (χ4v) is 2.90. The lowest BCUT2D eigenvalue weighted by atomic mass is 9.56. The Hall–Kier alpha value is -0.770. The Kier molecular flexibility index (Phi) is 2.89. The number of nitrogens with two attached hydrogens (primary N) is 1. The lowest BCUT2D eigenvalue weighted by Crippen LogP contribution is -2.65. The summed E-state index contributed by atoms with van der Waals surface area (Å²) in [4.78, 5) is 13.6. The number of hydrogen-bond acceptors (Lipinski definition) is 3. The molecular formula is C13H24N2O2. The van der Waals surface area contributed by atoms with Crippen LogP contribution in [0.15, 0.2) is 0 Å². The number of nitrogens with zero attached hydrogens (tertiary/aromatic N) is 1. The van der Waals surface area contributed by atoms with Crippen LogP contribution in [0.3, 0.4) is 0 Å². The monoisotopic (exact) mass is 240 g/mol. The molecule has 1 aliphatic carbocycles. The average molecular weight is 240 g/mol. The van der Waals surface area contributed by atoms with Gasteiger partial charge in [-0.05, 0) is 46.5 Å². The molecule has 0 aromatic carbocycles. The zero-order chi connectivity index (χ0) is 12.8. The summed E-state index contributed by atoms with van der Waals surface area (Å²) in [6.45, 7) is 9.47. The summed E-state index contributed by atoms with van der Waals surface area (Å²) in [5, 5.41) is 0. The second-order valence-electron chi connectivity index (χ2n) is 6.86. The molecule has 98 valence electrons. The van der Waals surface area contributed by atoms with Gasteiger partial charge in [0.1, 0.15) is 5.60 Å². The Morgan fingerprint density at radius 1 is 1.41 bits per heavy atom. The molecule has 1 aliphatic heterocycles. The van der Waals surface area contributed by atoms with E-state index in [9.17, 15) is 4.79 Å². The van der Waals surface area contributed by atoms with Gasteiger partial charge in [0, 0.05) is 24.5 Å². The van der Waals surface area contributed by atoms with E-state index in [1.807, 2.05) is 25.7 Å². The van der Waals surface area contributed by atoms with Crippen LogP contribution in [0.2, 0.25) is 0 Å². The van der Waals surface area contributed by atoms with Crippen molar-refractivity contribution >= 4 is 6.09 Å². The molecule has 1 saturated heterocycles. The molecule has 2 fully saturated rings. The first kappa shape index (κ1) is 12.7. The largest absolute Gasteiger partial charge is 0.444 e. The number of carbonyl (C=O) groups is 1. The maximum absolute atomic E-state index is 11.8. The fraction of sp³-hybridized carbons (Fsp3) is 0.923. The minimum atomic E-state index is -0.395. The van der Waals surface area contributed by atoms with Crippen LogP contribution in [0.5, 0.6) is 0 Å². The van der Waals surface area contributed by atoms with Gasteiger partial charge in [-0.1, -0.05) is 0 Å². The molecule has 1 heterocycles. The molecule has 4 nitrogen and oxygen atoms in total. The topological polar surface area (TPSA) is 55.6 Å². The van der Waals surface area contributed by atoms with Crippen LogP contribution < -0.4 is 5.73 Å². The summed E-state index contributed by atoms with van der Waals surface area (Å²) in [6.07, 6.45) is 2.17. The number of amides is 1. The maximum atomic E-state index is 11.8. The van der Waals surface area contributed by atoms with Crippen LogP contribution in [0, 0.1) is 11.3 Å². The van der Waals surface area contributed by atoms with Crippen LogP contribution in [0.1, 0.15) is 40.5 Å². The van der Waals surface area contributed by atoms with E-state index in [0.29, 0.717) is 11.3 Å². The van der Waals surface area contributed by atoms with Gasteiger partial charge in [0.05, 0.1) is 0 Å². The first-order valence-corrected chi connectivity index (χ1v) is 6.44. The Labute approximate surface area is 103 Å². The van der Waals surface area contributed by atoms with Crippen molar-refractivity contribution in [3.05, 3.63) is 0 Å². The highest BCUT2D eigenvalue weighted by molar-refractivity contribution is 5.69. The summed E-state index contributed by atoms with van der Waals surface area (Å²) >= 11 is 0. The van der Waals surface area contributed by atoms with Crippen molar-refractivity contribution in [2.45, 2.75) is 52.2 Å². The first-order valence-electron chi connectivity index (χ1n) is 6.44. The molecule has 2 aliphatic rings. The smallest absolute Gasteiger partial charge is 0.410 e. The molecule has 0 aromatic heterocycles. The molecule has 1 amide bonds. The molecule has 0 unspecified atom stereocenters. The predicted molar refractivity (Wildman–Crippen MR) is 66.6 cm³/mol. The molecule has 1 saturated carbocycles. The number of rotatable bonds is 1. The summed E-state index contributed by atoms with van der Waals surface area (Å²) < 4.78 is 5.34. The molecule has 2 N–H and O–H groups in total. The molecule has 0 bridgehead atoms. The lowest BCUT2D eigenvalue weighted by Gasteiger charge is -2.59. The van der Waals surface area contributed by atoms with E-state index in [-0.39, 0.29) is 12.1 Å². The third kappa shape index (κ3) is 2.57. The SMILES string of the molecule is C[C@H](N)C1CC2(C1)CN(C(=O)OC(C)(C)C)C2. The standard InChI is InChI=1S/C13H24N2O2/c1-9(14)10-5-13(6-10)7-15(8-13)11(16)17-12(2,3)4/h9-10H,5-8,14H2,1-4H3/t9-/m0/s1. The first-order chi connectivity index (χ1) is 7.71. The van der Waals surface area contributed by atoms with Crippen molar-refractivity contribution in [2.75, 3.05) is 13.1 Å². The summed E-state index contributed by atoms with van der Waals surface area (Å²) in [7, 11) is 0. The molecule has 4 heteroatoms. The molecule has 17 heavy (non-hydrogen) atoms. The van der Waals surface area contributed by atoms with Gasteiger partial charge in [0.15, 0.2) is 0 Å². The lowest BCUT2D eigenvalue weighted by molar-refractivity contribution is -0.0987. The van der Waals surface area contributed by atoms with E-state index < -0.39 is 5.60 Å². The second kappa shape index (κ2) is 3.87. The third-order valence-electron chi connectivity index (χ3n) is 3.84. The molecule has 0 aromatic rings. The predicted octanol–water partition coefficient (Wildman–Crippen LogP) is 1.98. The van der Waals surface area contributed by atoms with Crippen molar-refractivity contribution in [2.24, 2.45) is 17.1 Å². The van der Waals surface area contributed by atoms with E-state index in [4.69, 9.17) is 10.5 Å². The van der Waals surface area contributed by atoms with Gasteiger partial charge in [-0.3, -0.25) is 0 Å². The highest BCUT2D eigenvalue weighted by Gasteiger charge is 2.54. The summed E-state index contributed by atoms with van der Waals surface area (Å²) in [5.41, 5.74) is 5.85. The van der Waals surface area contributed by atoms with Crippen molar-refractivity contribution in [1.29, 1.82) is 0 Å². The van der Waals surface area contributed by atoms with E-state index in [2.05, 4.69) is 6.92 Å². The van der Waals surface area contributed by atoms with Crippen molar-refractivity contribution in [3.63, 3.8) is 0 Å². The Bertz CT molecular complexity index is 306. The van der Waals surface area contributed by atoms with Crippen molar-refractivity contribution in [1.82, 2.24) is 4.90 Å². The van der Waals surface area contributed by atoms with Gasteiger partial charge < -0.3 is 15.4 Å². The molecule has 1 atom stereocenters. The van der Waals surface area contributed by atoms with Gasteiger partial charge in [0.25, 0.3) is 0 Å². The zero-order valence-corrected chi connectivity index (χ0v) is 11.3.